The number of nitrogens with one attached hydrogen (secondary N) is 1. The minimum atomic E-state index is -3.77. The third kappa shape index (κ3) is 5.19. The lowest BCUT2D eigenvalue weighted by atomic mass is 10.1. The zero-order chi connectivity index (χ0) is 22.6. The summed E-state index contributed by atoms with van der Waals surface area (Å²) in [5, 5.41) is 3.14. The van der Waals surface area contributed by atoms with E-state index >= 15 is 0 Å². The van der Waals surface area contributed by atoms with E-state index in [9.17, 15) is 18.0 Å². The highest BCUT2D eigenvalue weighted by molar-refractivity contribution is 7.92. The van der Waals surface area contributed by atoms with Crippen molar-refractivity contribution in [2.45, 2.75) is 33.1 Å². The molecule has 1 aromatic heterocycles. The molecule has 1 heterocycles. The van der Waals surface area contributed by atoms with Gasteiger partial charge in [-0.2, -0.15) is 0 Å². The topological polar surface area (TPSA) is 102 Å². The van der Waals surface area contributed by atoms with Crippen LogP contribution in [-0.2, 0) is 32.4 Å². The Morgan fingerprint density at radius 3 is 2.58 bits per heavy atom. The quantitative estimate of drug-likeness (QED) is 0.570. The van der Waals surface area contributed by atoms with Crippen LogP contribution in [0.3, 0.4) is 0 Å². The van der Waals surface area contributed by atoms with Crippen LogP contribution in [0, 0.1) is 0 Å². The molecule has 1 amide bonds. The number of nitrogens with zero attached hydrogens (tertiary/aromatic N) is 1. The average molecular weight is 467 g/mol. The summed E-state index contributed by atoms with van der Waals surface area (Å²) in [5.41, 5.74) is 1.58. The first-order valence-electron chi connectivity index (χ1n) is 10.1. The van der Waals surface area contributed by atoms with E-state index in [0.717, 1.165) is 40.3 Å². The van der Waals surface area contributed by atoms with Crippen LogP contribution in [0.4, 0.5) is 10.7 Å². The van der Waals surface area contributed by atoms with Crippen molar-refractivity contribution in [3.05, 3.63) is 40.3 Å². The molecule has 0 saturated carbocycles. The smallest absolute Gasteiger partial charge is 0.341 e. The summed E-state index contributed by atoms with van der Waals surface area (Å²) in [6.45, 7) is 3.65. The number of hydrogen-bond donors (Lipinski definition) is 1. The zero-order valence-electron chi connectivity index (χ0n) is 17.8. The van der Waals surface area contributed by atoms with E-state index in [1.54, 1.807) is 38.1 Å². The Labute approximate surface area is 186 Å². The van der Waals surface area contributed by atoms with Gasteiger partial charge in [0.25, 0.3) is 0 Å². The molecule has 0 fully saturated rings. The number of carbonyl (C=O) groups excluding carboxylic acids is 2. The van der Waals surface area contributed by atoms with Gasteiger partial charge in [0, 0.05) is 4.88 Å². The number of esters is 1. The second-order valence-electron chi connectivity index (χ2n) is 7.00. The van der Waals surface area contributed by atoms with Crippen LogP contribution in [-0.4, -0.2) is 46.3 Å². The summed E-state index contributed by atoms with van der Waals surface area (Å²) in [4.78, 5) is 26.4. The largest absolute Gasteiger partial charge is 0.492 e. The summed E-state index contributed by atoms with van der Waals surface area (Å²) in [7, 11) is -3.77. The molecule has 0 bridgehead atoms. The Hall–Kier alpha value is -2.59. The van der Waals surface area contributed by atoms with Crippen molar-refractivity contribution < 1.29 is 27.5 Å². The lowest BCUT2D eigenvalue weighted by Crippen LogP contribution is -2.37. The van der Waals surface area contributed by atoms with Gasteiger partial charge >= 0.3 is 5.97 Å². The Morgan fingerprint density at radius 2 is 1.90 bits per heavy atom. The van der Waals surface area contributed by atoms with Gasteiger partial charge in [-0.1, -0.05) is 12.1 Å². The van der Waals surface area contributed by atoms with Crippen molar-refractivity contribution in [3.8, 4) is 5.75 Å². The number of amides is 1. The highest BCUT2D eigenvalue weighted by Gasteiger charge is 2.30. The van der Waals surface area contributed by atoms with Crippen LogP contribution in [0.25, 0.3) is 0 Å². The predicted molar refractivity (Wildman–Crippen MR) is 121 cm³/mol. The maximum absolute atomic E-state index is 12.9. The first-order valence-corrected chi connectivity index (χ1v) is 12.7. The second-order valence-corrected chi connectivity index (χ2v) is 10.0. The molecular formula is C21H26N2O6S2. The number of aryl methyl sites for hydroxylation is 1. The van der Waals surface area contributed by atoms with Crippen molar-refractivity contribution in [3.63, 3.8) is 0 Å². The number of benzene rings is 1. The molecular weight excluding hydrogens is 440 g/mol. The second kappa shape index (κ2) is 9.69. The first-order chi connectivity index (χ1) is 14.8. The highest BCUT2D eigenvalue weighted by Crippen LogP contribution is 2.39. The van der Waals surface area contributed by atoms with Gasteiger partial charge in [-0.25, -0.2) is 13.2 Å². The summed E-state index contributed by atoms with van der Waals surface area (Å²) in [6.07, 6.45) is 3.59. The standard InChI is InChI=1S/C21H26N2O6S2/c1-4-28-16-11-7-6-10-15(16)23(31(3,26)27)13-18(24)22-20-19(21(25)29-5-2)14-9-8-12-17(14)30-20/h6-7,10-11H,4-5,8-9,12-13H2,1-3H3,(H,22,24). The molecule has 1 aliphatic rings. The van der Waals surface area contributed by atoms with E-state index in [1.807, 2.05) is 0 Å². The molecule has 0 aliphatic heterocycles. The first kappa shape index (κ1) is 23.1. The number of rotatable bonds is 9. The lowest BCUT2D eigenvalue weighted by molar-refractivity contribution is -0.114. The number of para-hydroxylation sites is 2. The maximum Gasteiger partial charge on any atom is 0.341 e. The van der Waals surface area contributed by atoms with Crippen LogP contribution in [0.1, 0.15) is 41.1 Å². The molecule has 2 aromatic rings. The molecule has 1 N–H and O–H groups in total. The van der Waals surface area contributed by atoms with Gasteiger partial charge in [-0.3, -0.25) is 9.10 Å². The minimum absolute atomic E-state index is 0.229. The molecule has 31 heavy (non-hydrogen) atoms. The summed E-state index contributed by atoms with van der Waals surface area (Å²) in [5.74, 6) is -0.661. The van der Waals surface area contributed by atoms with Crippen LogP contribution >= 0.6 is 11.3 Å². The fraction of sp³-hybridized carbons (Fsp3) is 0.429. The van der Waals surface area contributed by atoms with Crippen LogP contribution in [0.5, 0.6) is 5.75 Å². The van der Waals surface area contributed by atoms with E-state index in [0.29, 0.717) is 22.9 Å². The number of fused-ring (bicyclic) bond motifs is 1. The van der Waals surface area contributed by atoms with Crippen molar-refractivity contribution in [1.29, 1.82) is 0 Å². The molecule has 0 saturated heterocycles. The number of anilines is 2. The van der Waals surface area contributed by atoms with E-state index in [4.69, 9.17) is 9.47 Å². The molecule has 10 heteroatoms. The van der Waals surface area contributed by atoms with Crippen LogP contribution in [0.2, 0.25) is 0 Å². The molecule has 168 valence electrons. The molecule has 3 rings (SSSR count). The van der Waals surface area contributed by atoms with E-state index in [1.165, 1.54) is 11.3 Å². The van der Waals surface area contributed by atoms with Gasteiger partial charge in [-0.15, -0.1) is 11.3 Å². The summed E-state index contributed by atoms with van der Waals surface area (Å²) < 4.78 is 36.6. The summed E-state index contributed by atoms with van der Waals surface area (Å²) in [6, 6.07) is 6.64. The molecule has 0 atom stereocenters. The minimum Gasteiger partial charge on any atom is -0.492 e. The number of hydrogen-bond acceptors (Lipinski definition) is 7. The maximum atomic E-state index is 12.9. The predicted octanol–water partition coefficient (Wildman–Crippen LogP) is 3.22. The van der Waals surface area contributed by atoms with Gasteiger partial charge < -0.3 is 14.8 Å². The van der Waals surface area contributed by atoms with E-state index in [2.05, 4.69) is 5.32 Å². The third-order valence-electron chi connectivity index (χ3n) is 4.78. The molecule has 1 aliphatic carbocycles. The van der Waals surface area contributed by atoms with Gasteiger partial charge in [0.2, 0.25) is 15.9 Å². The molecule has 0 spiro atoms. The monoisotopic (exact) mass is 466 g/mol. The number of carbonyl (C=O) groups is 2. The fourth-order valence-electron chi connectivity index (χ4n) is 3.53. The van der Waals surface area contributed by atoms with E-state index in [-0.39, 0.29) is 12.3 Å². The van der Waals surface area contributed by atoms with Crippen molar-refractivity contribution in [2.24, 2.45) is 0 Å². The number of ether oxygens (including phenoxy) is 2. The van der Waals surface area contributed by atoms with Gasteiger partial charge in [-0.05, 0) is 50.8 Å². The molecule has 8 nitrogen and oxygen atoms in total. The average Bonchev–Trinajstić information content (AvgIpc) is 3.27. The Morgan fingerprint density at radius 1 is 1.16 bits per heavy atom. The highest BCUT2D eigenvalue weighted by atomic mass is 32.2. The zero-order valence-corrected chi connectivity index (χ0v) is 19.4. The van der Waals surface area contributed by atoms with Crippen LogP contribution < -0.4 is 14.4 Å². The van der Waals surface area contributed by atoms with Gasteiger partial charge in [0.05, 0.1) is 30.7 Å². The Balaban J connectivity index is 1.88. The molecule has 0 unspecified atom stereocenters. The SMILES string of the molecule is CCOC(=O)c1c(NC(=O)CN(c2ccccc2OCC)S(C)(=O)=O)sc2c1CCC2. The Kier molecular flexibility index (Phi) is 7.22. The Bertz CT molecular complexity index is 1080. The lowest BCUT2D eigenvalue weighted by Gasteiger charge is -2.24. The van der Waals surface area contributed by atoms with Crippen LogP contribution in [0.15, 0.2) is 24.3 Å². The molecule has 0 radical (unpaired) electrons. The van der Waals surface area contributed by atoms with Gasteiger partial charge in [0.15, 0.2) is 0 Å². The number of thiophene rings is 1. The number of sulfonamides is 1. The fourth-order valence-corrected chi connectivity index (χ4v) is 5.68. The van der Waals surface area contributed by atoms with Crippen molar-refractivity contribution >= 4 is 43.9 Å². The normalized spacial score (nSPS) is 12.9. The molecule has 1 aromatic carbocycles. The van der Waals surface area contributed by atoms with Crippen molar-refractivity contribution in [2.75, 3.05) is 35.6 Å². The van der Waals surface area contributed by atoms with E-state index < -0.39 is 28.4 Å². The van der Waals surface area contributed by atoms with Gasteiger partial charge in [0.1, 0.15) is 17.3 Å². The summed E-state index contributed by atoms with van der Waals surface area (Å²) >= 11 is 1.35. The van der Waals surface area contributed by atoms with Crippen molar-refractivity contribution in [1.82, 2.24) is 0 Å². The third-order valence-corrected chi connectivity index (χ3v) is 7.11.